The van der Waals surface area contributed by atoms with Gasteiger partial charge in [0, 0.05) is 20.2 Å². The number of rotatable bonds is 2. The molecule has 0 aliphatic rings. The molecular formula is C12H14N6. The van der Waals surface area contributed by atoms with Gasteiger partial charge in [0.2, 0.25) is 5.95 Å². The number of nitrogens with two attached hydrogens (primary N) is 1. The van der Waals surface area contributed by atoms with Crippen LogP contribution in [0, 0.1) is 0 Å². The Bertz CT molecular complexity index is 709. The summed E-state index contributed by atoms with van der Waals surface area (Å²) in [4.78, 5) is 4.37. The molecule has 0 aliphatic heterocycles. The summed E-state index contributed by atoms with van der Waals surface area (Å²) in [6.07, 6.45) is 1.75. The molecule has 6 nitrogen and oxygen atoms in total. The van der Waals surface area contributed by atoms with Gasteiger partial charge in [-0.3, -0.25) is 4.68 Å². The summed E-state index contributed by atoms with van der Waals surface area (Å²) >= 11 is 0. The second-order valence-corrected chi connectivity index (χ2v) is 4.17. The molecule has 0 amide bonds. The van der Waals surface area contributed by atoms with Crippen molar-refractivity contribution in [1.29, 1.82) is 0 Å². The van der Waals surface area contributed by atoms with Crippen molar-refractivity contribution >= 4 is 28.5 Å². The van der Waals surface area contributed by atoms with E-state index in [0.717, 1.165) is 22.5 Å². The van der Waals surface area contributed by atoms with Crippen LogP contribution in [0.1, 0.15) is 0 Å². The lowest BCUT2D eigenvalue weighted by molar-refractivity contribution is 0.777. The molecule has 0 saturated carbocycles. The molecule has 18 heavy (non-hydrogen) atoms. The topological polar surface area (TPSA) is 73.7 Å². The van der Waals surface area contributed by atoms with Gasteiger partial charge in [-0.05, 0) is 12.1 Å². The number of hydrogen-bond donors (Lipinski definition) is 2. The molecule has 6 heteroatoms. The van der Waals surface area contributed by atoms with Crippen LogP contribution in [0.25, 0.3) is 11.0 Å². The maximum Gasteiger partial charge on any atom is 0.201 e. The maximum absolute atomic E-state index is 5.83. The third-order valence-corrected chi connectivity index (χ3v) is 3.03. The van der Waals surface area contributed by atoms with Crippen LogP contribution in [0.15, 0.2) is 30.5 Å². The zero-order valence-corrected chi connectivity index (χ0v) is 10.3. The minimum absolute atomic E-state index is 0.504. The van der Waals surface area contributed by atoms with Crippen LogP contribution >= 0.6 is 0 Å². The highest BCUT2D eigenvalue weighted by Gasteiger charge is 2.09. The molecule has 0 spiro atoms. The Balaban J connectivity index is 2.12. The van der Waals surface area contributed by atoms with Crippen molar-refractivity contribution in [3.63, 3.8) is 0 Å². The molecular weight excluding hydrogens is 228 g/mol. The highest BCUT2D eigenvalue weighted by atomic mass is 15.3. The summed E-state index contributed by atoms with van der Waals surface area (Å²) < 4.78 is 3.63. The van der Waals surface area contributed by atoms with Crippen molar-refractivity contribution in [2.45, 2.75) is 0 Å². The van der Waals surface area contributed by atoms with Gasteiger partial charge in [0.15, 0.2) is 0 Å². The molecule has 0 radical (unpaired) electrons. The van der Waals surface area contributed by atoms with Crippen LogP contribution in [-0.4, -0.2) is 19.3 Å². The number of aromatic nitrogens is 4. The van der Waals surface area contributed by atoms with E-state index >= 15 is 0 Å². The summed E-state index contributed by atoms with van der Waals surface area (Å²) in [7, 11) is 3.79. The molecule has 0 aliphatic carbocycles. The number of anilines is 3. The largest absolute Gasteiger partial charge is 0.369 e. The fraction of sp³-hybridized carbons (Fsp3) is 0.167. The summed E-state index contributed by atoms with van der Waals surface area (Å²) in [6.45, 7) is 0. The molecule has 0 atom stereocenters. The van der Waals surface area contributed by atoms with Crippen LogP contribution in [0.5, 0.6) is 0 Å². The first-order valence-corrected chi connectivity index (χ1v) is 5.63. The quantitative estimate of drug-likeness (QED) is 0.716. The molecule has 0 bridgehead atoms. The van der Waals surface area contributed by atoms with Crippen molar-refractivity contribution in [1.82, 2.24) is 19.3 Å². The van der Waals surface area contributed by atoms with E-state index in [1.807, 2.05) is 42.9 Å². The van der Waals surface area contributed by atoms with E-state index in [1.165, 1.54) is 0 Å². The highest BCUT2D eigenvalue weighted by molar-refractivity contribution is 5.91. The Labute approximate surface area is 104 Å². The summed E-state index contributed by atoms with van der Waals surface area (Å²) in [5, 5.41) is 7.42. The summed E-state index contributed by atoms with van der Waals surface area (Å²) in [5.41, 5.74) is 8.61. The fourth-order valence-corrected chi connectivity index (χ4v) is 1.97. The lowest BCUT2D eigenvalue weighted by Crippen LogP contribution is -1.99. The molecule has 2 heterocycles. The van der Waals surface area contributed by atoms with E-state index in [9.17, 15) is 0 Å². The van der Waals surface area contributed by atoms with E-state index in [-0.39, 0.29) is 0 Å². The lowest BCUT2D eigenvalue weighted by Gasteiger charge is -2.07. The Morgan fingerprint density at radius 1 is 1.22 bits per heavy atom. The number of nitrogens with one attached hydrogen (secondary N) is 1. The van der Waals surface area contributed by atoms with Crippen molar-refractivity contribution in [3.8, 4) is 0 Å². The van der Waals surface area contributed by atoms with Gasteiger partial charge in [0.1, 0.15) is 11.3 Å². The first-order chi connectivity index (χ1) is 8.66. The van der Waals surface area contributed by atoms with Crippen LogP contribution < -0.4 is 11.1 Å². The minimum Gasteiger partial charge on any atom is -0.369 e. The normalized spacial score (nSPS) is 11.0. The van der Waals surface area contributed by atoms with Gasteiger partial charge < -0.3 is 15.6 Å². The number of para-hydroxylation sites is 1. The molecule has 0 saturated heterocycles. The zero-order valence-electron chi connectivity index (χ0n) is 10.3. The monoisotopic (exact) mass is 242 g/mol. The molecule has 2 aromatic heterocycles. The number of hydrogen-bond acceptors (Lipinski definition) is 4. The predicted molar refractivity (Wildman–Crippen MR) is 71.6 cm³/mol. The number of nitrogens with zero attached hydrogens (tertiary/aromatic N) is 4. The maximum atomic E-state index is 5.83. The Morgan fingerprint density at radius 3 is 2.78 bits per heavy atom. The van der Waals surface area contributed by atoms with Gasteiger partial charge in [-0.1, -0.05) is 6.07 Å². The third-order valence-electron chi connectivity index (χ3n) is 3.03. The van der Waals surface area contributed by atoms with Gasteiger partial charge >= 0.3 is 0 Å². The van der Waals surface area contributed by atoms with E-state index in [4.69, 9.17) is 5.73 Å². The zero-order chi connectivity index (χ0) is 12.7. The molecule has 92 valence electrons. The van der Waals surface area contributed by atoms with Gasteiger partial charge in [-0.25, -0.2) is 4.98 Å². The Hall–Kier alpha value is -2.50. The number of nitrogen functional groups attached to an aromatic ring is 1. The molecule has 3 rings (SSSR count). The van der Waals surface area contributed by atoms with Gasteiger partial charge in [-0.15, -0.1) is 0 Å². The number of benzene rings is 1. The molecule has 1 aromatic carbocycles. The number of fused-ring (bicyclic) bond motifs is 1. The number of imidazole rings is 1. The Morgan fingerprint density at radius 2 is 2.06 bits per heavy atom. The predicted octanol–water partition coefficient (Wildman–Crippen LogP) is 1.63. The first kappa shape index (κ1) is 10.6. The molecule has 0 unspecified atom stereocenters. The van der Waals surface area contributed by atoms with Crippen molar-refractivity contribution in [2.75, 3.05) is 11.1 Å². The molecule has 0 fully saturated rings. The number of aryl methyl sites for hydroxylation is 2. The van der Waals surface area contributed by atoms with Gasteiger partial charge in [-0.2, -0.15) is 5.10 Å². The summed E-state index contributed by atoms with van der Waals surface area (Å²) in [6, 6.07) is 7.85. The summed E-state index contributed by atoms with van der Waals surface area (Å²) in [5.74, 6) is 1.41. The van der Waals surface area contributed by atoms with Crippen LogP contribution in [0.3, 0.4) is 0 Å². The van der Waals surface area contributed by atoms with Crippen LogP contribution in [0.4, 0.5) is 17.5 Å². The Kier molecular flexibility index (Phi) is 2.22. The van der Waals surface area contributed by atoms with E-state index in [2.05, 4.69) is 15.4 Å². The average Bonchev–Trinajstić information content (AvgIpc) is 2.87. The SMILES string of the molecule is Cn1nccc1Nc1cccc2c1nc(N)n2C. The first-order valence-electron chi connectivity index (χ1n) is 5.63. The molecule has 3 N–H and O–H groups in total. The van der Waals surface area contributed by atoms with E-state index in [0.29, 0.717) is 5.95 Å². The third kappa shape index (κ3) is 1.50. The van der Waals surface area contributed by atoms with E-state index in [1.54, 1.807) is 10.9 Å². The van der Waals surface area contributed by atoms with Crippen molar-refractivity contribution < 1.29 is 0 Å². The molecule has 3 aromatic rings. The smallest absolute Gasteiger partial charge is 0.201 e. The van der Waals surface area contributed by atoms with Crippen molar-refractivity contribution in [3.05, 3.63) is 30.5 Å². The minimum atomic E-state index is 0.504. The van der Waals surface area contributed by atoms with E-state index < -0.39 is 0 Å². The highest BCUT2D eigenvalue weighted by Crippen LogP contribution is 2.26. The second-order valence-electron chi connectivity index (χ2n) is 4.17. The fourth-order valence-electron chi connectivity index (χ4n) is 1.97. The standard InChI is InChI=1S/C12H14N6/c1-17-9-5-3-4-8(11(9)16-12(17)13)15-10-6-7-14-18(10)2/h3-7,15H,1-2H3,(H2,13,16). The lowest BCUT2D eigenvalue weighted by atomic mass is 10.2. The van der Waals surface area contributed by atoms with Gasteiger partial charge in [0.05, 0.1) is 17.4 Å². The van der Waals surface area contributed by atoms with Gasteiger partial charge in [0.25, 0.3) is 0 Å². The second kappa shape index (κ2) is 3.76. The van der Waals surface area contributed by atoms with Crippen molar-refractivity contribution in [2.24, 2.45) is 14.1 Å². The van der Waals surface area contributed by atoms with Crippen LogP contribution in [-0.2, 0) is 14.1 Å². The van der Waals surface area contributed by atoms with Crippen LogP contribution in [0.2, 0.25) is 0 Å². The average molecular weight is 242 g/mol.